The third kappa shape index (κ3) is 2.58. The zero-order valence-corrected chi connectivity index (χ0v) is 10.3. The van der Waals surface area contributed by atoms with Gasteiger partial charge >= 0.3 is 0 Å². The zero-order chi connectivity index (χ0) is 12.3. The standard InChI is InChI=1S/C13H18N2O2/c1-10-3-4-11(12(9-10)16-2)13(14)15-5-7-17-8-6-15/h3-4,9,14H,5-8H2,1-2H3. The first-order valence-corrected chi connectivity index (χ1v) is 5.78. The van der Waals surface area contributed by atoms with Crippen molar-refractivity contribution in [2.24, 2.45) is 0 Å². The number of hydrogen-bond acceptors (Lipinski definition) is 3. The Morgan fingerprint density at radius 3 is 2.71 bits per heavy atom. The van der Waals surface area contributed by atoms with E-state index >= 15 is 0 Å². The SMILES string of the molecule is COc1cc(C)ccc1C(=N)N1CCOCC1. The van der Waals surface area contributed by atoms with Gasteiger partial charge in [0.2, 0.25) is 0 Å². The lowest BCUT2D eigenvalue weighted by Gasteiger charge is -2.29. The lowest BCUT2D eigenvalue weighted by Crippen LogP contribution is -2.40. The summed E-state index contributed by atoms with van der Waals surface area (Å²) in [6, 6.07) is 5.92. The van der Waals surface area contributed by atoms with Gasteiger partial charge in [0.05, 0.1) is 25.9 Å². The third-order valence-electron chi connectivity index (χ3n) is 2.94. The summed E-state index contributed by atoms with van der Waals surface area (Å²) in [6.07, 6.45) is 0. The Labute approximate surface area is 102 Å². The molecule has 0 atom stereocenters. The van der Waals surface area contributed by atoms with Crippen molar-refractivity contribution >= 4 is 5.84 Å². The molecule has 4 heteroatoms. The molecule has 0 saturated carbocycles. The number of nitrogens with one attached hydrogen (secondary N) is 1. The predicted octanol–water partition coefficient (Wildman–Crippen LogP) is 1.66. The monoisotopic (exact) mass is 234 g/mol. The first-order valence-electron chi connectivity index (χ1n) is 5.78. The number of amidine groups is 1. The molecule has 0 aromatic heterocycles. The van der Waals surface area contributed by atoms with Crippen molar-refractivity contribution in [2.75, 3.05) is 33.4 Å². The Morgan fingerprint density at radius 1 is 1.35 bits per heavy atom. The molecule has 0 amide bonds. The van der Waals surface area contributed by atoms with Crippen LogP contribution in [0.1, 0.15) is 11.1 Å². The van der Waals surface area contributed by atoms with E-state index in [1.807, 2.05) is 30.0 Å². The van der Waals surface area contributed by atoms with Gasteiger partial charge in [-0.1, -0.05) is 6.07 Å². The summed E-state index contributed by atoms with van der Waals surface area (Å²) < 4.78 is 10.6. The first-order chi connectivity index (χ1) is 8.22. The highest BCUT2D eigenvalue weighted by molar-refractivity contribution is 5.99. The highest BCUT2D eigenvalue weighted by Crippen LogP contribution is 2.21. The smallest absolute Gasteiger partial charge is 0.132 e. The van der Waals surface area contributed by atoms with Crippen LogP contribution in [0, 0.1) is 12.3 Å². The molecule has 0 unspecified atom stereocenters. The van der Waals surface area contributed by atoms with E-state index in [1.165, 1.54) is 0 Å². The topological polar surface area (TPSA) is 45.5 Å². The Kier molecular flexibility index (Phi) is 3.64. The molecule has 92 valence electrons. The van der Waals surface area contributed by atoms with Crippen LogP contribution in [0.15, 0.2) is 18.2 Å². The van der Waals surface area contributed by atoms with Gasteiger partial charge in [0.15, 0.2) is 0 Å². The molecule has 1 heterocycles. The van der Waals surface area contributed by atoms with Crippen LogP contribution in [0.5, 0.6) is 5.75 Å². The lowest BCUT2D eigenvalue weighted by molar-refractivity contribution is 0.0679. The fourth-order valence-electron chi connectivity index (χ4n) is 1.95. The minimum Gasteiger partial charge on any atom is -0.496 e. The van der Waals surface area contributed by atoms with Crippen LogP contribution in [0.25, 0.3) is 0 Å². The van der Waals surface area contributed by atoms with Crippen LogP contribution in [0.4, 0.5) is 0 Å². The van der Waals surface area contributed by atoms with Gasteiger partial charge in [-0.25, -0.2) is 0 Å². The number of aryl methyl sites for hydroxylation is 1. The van der Waals surface area contributed by atoms with Crippen molar-refractivity contribution in [1.29, 1.82) is 5.41 Å². The van der Waals surface area contributed by atoms with E-state index in [9.17, 15) is 0 Å². The average Bonchev–Trinajstić information content (AvgIpc) is 2.39. The number of benzene rings is 1. The molecule has 1 aliphatic rings. The molecular weight excluding hydrogens is 216 g/mol. The second-order valence-electron chi connectivity index (χ2n) is 4.15. The molecule has 0 aliphatic carbocycles. The van der Waals surface area contributed by atoms with E-state index in [0.29, 0.717) is 19.0 Å². The van der Waals surface area contributed by atoms with Gasteiger partial charge in [0, 0.05) is 13.1 Å². The summed E-state index contributed by atoms with van der Waals surface area (Å²) in [4.78, 5) is 2.02. The second-order valence-corrected chi connectivity index (χ2v) is 4.15. The minimum absolute atomic E-state index is 0.519. The van der Waals surface area contributed by atoms with Gasteiger partial charge in [-0.3, -0.25) is 5.41 Å². The number of nitrogens with zero attached hydrogens (tertiary/aromatic N) is 1. The number of methoxy groups -OCH3 is 1. The van der Waals surface area contributed by atoms with Crippen molar-refractivity contribution in [2.45, 2.75) is 6.92 Å². The molecule has 1 aromatic rings. The Morgan fingerprint density at radius 2 is 2.06 bits per heavy atom. The predicted molar refractivity (Wildman–Crippen MR) is 67.0 cm³/mol. The molecule has 1 saturated heterocycles. The van der Waals surface area contributed by atoms with E-state index in [2.05, 4.69) is 0 Å². The van der Waals surface area contributed by atoms with Gasteiger partial charge in [-0.2, -0.15) is 0 Å². The van der Waals surface area contributed by atoms with Crippen molar-refractivity contribution in [3.8, 4) is 5.75 Å². The fraction of sp³-hybridized carbons (Fsp3) is 0.462. The van der Waals surface area contributed by atoms with Gasteiger partial charge in [0.1, 0.15) is 11.6 Å². The molecule has 0 bridgehead atoms. The largest absolute Gasteiger partial charge is 0.496 e. The number of rotatable bonds is 2. The Bertz CT molecular complexity index is 412. The molecular formula is C13H18N2O2. The number of morpholine rings is 1. The molecule has 2 rings (SSSR count). The van der Waals surface area contributed by atoms with E-state index < -0.39 is 0 Å². The maximum Gasteiger partial charge on any atom is 0.132 e. The molecule has 1 fully saturated rings. The van der Waals surface area contributed by atoms with E-state index in [4.69, 9.17) is 14.9 Å². The highest BCUT2D eigenvalue weighted by Gasteiger charge is 2.18. The van der Waals surface area contributed by atoms with E-state index in [-0.39, 0.29) is 0 Å². The van der Waals surface area contributed by atoms with Gasteiger partial charge in [-0.15, -0.1) is 0 Å². The van der Waals surface area contributed by atoms with Crippen LogP contribution >= 0.6 is 0 Å². The molecule has 0 spiro atoms. The molecule has 17 heavy (non-hydrogen) atoms. The van der Waals surface area contributed by atoms with Crippen LogP contribution < -0.4 is 4.74 Å². The Balaban J connectivity index is 2.23. The lowest BCUT2D eigenvalue weighted by atomic mass is 10.1. The summed E-state index contributed by atoms with van der Waals surface area (Å²) in [5.74, 6) is 1.28. The highest BCUT2D eigenvalue weighted by atomic mass is 16.5. The maximum absolute atomic E-state index is 8.23. The molecule has 4 nitrogen and oxygen atoms in total. The fourth-order valence-corrected chi connectivity index (χ4v) is 1.95. The Hall–Kier alpha value is -1.55. The van der Waals surface area contributed by atoms with Gasteiger partial charge in [-0.05, 0) is 24.6 Å². The molecule has 1 aromatic carbocycles. The maximum atomic E-state index is 8.23. The molecule has 1 aliphatic heterocycles. The molecule has 1 N–H and O–H groups in total. The van der Waals surface area contributed by atoms with Crippen LogP contribution in [0.2, 0.25) is 0 Å². The zero-order valence-electron chi connectivity index (χ0n) is 10.3. The first kappa shape index (κ1) is 11.9. The quantitative estimate of drug-likeness (QED) is 0.625. The number of ether oxygens (including phenoxy) is 2. The van der Waals surface area contributed by atoms with Crippen LogP contribution in [0.3, 0.4) is 0 Å². The summed E-state index contributed by atoms with van der Waals surface area (Å²) in [5.41, 5.74) is 1.99. The van der Waals surface area contributed by atoms with Crippen LogP contribution in [-0.2, 0) is 4.74 Å². The summed E-state index contributed by atoms with van der Waals surface area (Å²) in [5, 5.41) is 8.23. The summed E-state index contributed by atoms with van der Waals surface area (Å²) in [7, 11) is 1.64. The van der Waals surface area contributed by atoms with E-state index in [1.54, 1.807) is 7.11 Å². The van der Waals surface area contributed by atoms with Crippen molar-refractivity contribution in [3.05, 3.63) is 29.3 Å². The van der Waals surface area contributed by atoms with E-state index in [0.717, 1.165) is 30.0 Å². The van der Waals surface area contributed by atoms with Crippen molar-refractivity contribution in [1.82, 2.24) is 4.90 Å². The van der Waals surface area contributed by atoms with Gasteiger partial charge < -0.3 is 14.4 Å². The normalized spacial score (nSPS) is 15.8. The van der Waals surface area contributed by atoms with Crippen molar-refractivity contribution in [3.63, 3.8) is 0 Å². The summed E-state index contributed by atoms with van der Waals surface area (Å²) in [6.45, 7) is 4.95. The van der Waals surface area contributed by atoms with Gasteiger partial charge in [0.25, 0.3) is 0 Å². The van der Waals surface area contributed by atoms with Crippen molar-refractivity contribution < 1.29 is 9.47 Å². The minimum atomic E-state index is 0.519. The third-order valence-corrected chi connectivity index (χ3v) is 2.94. The average molecular weight is 234 g/mol. The summed E-state index contributed by atoms with van der Waals surface area (Å²) >= 11 is 0. The molecule has 0 radical (unpaired) electrons. The van der Waals surface area contributed by atoms with Crippen LogP contribution in [-0.4, -0.2) is 44.1 Å². The number of hydrogen-bond donors (Lipinski definition) is 1. The second kappa shape index (κ2) is 5.19.